The van der Waals surface area contributed by atoms with Crippen molar-refractivity contribution in [3.63, 3.8) is 0 Å². The van der Waals surface area contributed by atoms with E-state index in [1.54, 1.807) is 23.4 Å². The lowest BCUT2D eigenvalue weighted by Crippen LogP contribution is -2.24. The van der Waals surface area contributed by atoms with Crippen LogP contribution in [0.2, 0.25) is 0 Å². The van der Waals surface area contributed by atoms with Gasteiger partial charge in [-0.15, -0.1) is 4.40 Å². The summed E-state index contributed by atoms with van der Waals surface area (Å²) in [5, 5.41) is 6.39. The molecule has 0 amide bonds. The van der Waals surface area contributed by atoms with Crippen LogP contribution in [0.5, 0.6) is 0 Å². The zero-order valence-electron chi connectivity index (χ0n) is 17.0. The van der Waals surface area contributed by atoms with Gasteiger partial charge in [-0.2, -0.15) is 13.5 Å². The summed E-state index contributed by atoms with van der Waals surface area (Å²) in [5.41, 5.74) is 2.43. The Morgan fingerprint density at radius 1 is 0.969 bits per heavy atom. The van der Waals surface area contributed by atoms with Gasteiger partial charge in [0.1, 0.15) is 11.6 Å². The largest absolute Gasteiger partial charge is 0.284 e. The molecule has 3 aromatic rings. The van der Waals surface area contributed by atoms with Gasteiger partial charge in [-0.3, -0.25) is 0 Å². The third-order valence-corrected chi connectivity index (χ3v) is 7.03. The van der Waals surface area contributed by atoms with E-state index in [2.05, 4.69) is 9.50 Å². The molecule has 0 saturated carbocycles. The number of thioether (sulfide) groups is 1. The van der Waals surface area contributed by atoms with Crippen LogP contribution in [0.3, 0.4) is 0 Å². The summed E-state index contributed by atoms with van der Waals surface area (Å²) in [4.78, 5) is -0.105. The van der Waals surface area contributed by atoms with Crippen molar-refractivity contribution in [1.29, 1.82) is 0 Å². The van der Waals surface area contributed by atoms with Gasteiger partial charge in [0.15, 0.2) is 5.17 Å². The van der Waals surface area contributed by atoms with E-state index < -0.39 is 15.8 Å². The van der Waals surface area contributed by atoms with Crippen molar-refractivity contribution in [2.45, 2.75) is 10.8 Å². The fraction of sp³-hybridized carbons (Fsp3) is 0.130. The van der Waals surface area contributed by atoms with Gasteiger partial charge in [0.05, 0.1) is 17.2 Å². The second-order valence-electron chi connectivity index (χ2n) is 7.04. The minimum atomic E-state index is -4.06. The van der Waals surface area contributed by atoms with Gasteiger partial charge in [0, 0.05) is 5.92 Å². The third kappa shape index (κ3) is 4.73. The van der Waals surface area contributed by atoms with Crippen molar-refractivity contribution < 1.29 is 17.2 Å². The van der Waals surface area contributed by atoms with Gasteiger partial charge >= 0.3 is 0 Å². The zero-order valence-corrected chi connectivity index (χ0v) is 18.7. The Kier molecular flexibility index (Phi) is 6.38. The summed E-state index contributed by atoms with van der Waals surface area (Å²) < 4.78 is 56.2. The van der Waals surface area contributed by atoms with E-state index in [-0.39, 0.29) is 21.8 Å². The molecule has 0 radical (unpaired) electrons. The summed E-state index contributed by atoms with van der Waals surface area (Å²) in [6, 6.07) is 20.2. The smallest absolute Gasteiger partial charge is 0.240 e. The molecule has 1 aliphatic rings. The first-order valence-corrected chi connectivity index (χ1v) is 12.4. The number of sulfonamides is 1. The van der Waals surface area contributed by atoms with Crippen LogP contribution in [0.1, 0.15) is 17.0 Å². The molecule has 0 spiro atoms. The highest BCUT2D eigenvalue weighted by Crippen LogP contribution is 2.31. The topological polar surface area (TPSA) is 62.1 Å². The Morgan fingerprint density at radius 3 is 2.16 bits per heavy atom. The van der Waals surface area contributed by atoms with Crippen molar-refractivity contribution in [1.82, 2.24) is 5.01 Å². The molecule has 32 heavy (non-hydrogen) atoms. The van der Waals surface area contributed by atoms with Crippen molar-refractivity contribution >= 4 is 32.7 Å². The molecule has 1 atom stereocenters. The minimum absolute atomic E-state index is 0.105. The number of halogens is 2. The van der Waals surface area contributed by atoms with Gasteiger partial charge in [-0.1, -0.05) is 54.2 Å². The van der Waals surface area contributed by atoms with E-state index >= 15 is 0 Å². The molecule has 1 aliphatic heterocycles. The molecule has 0 saturated heterocycles. The maximum atomic E-state index is 13.5. The number of hydrogen-bond donors (Lipinski definition) is 0. The number of benzene rings is 3. The molecular formula is C23H19F2N3O2S2. The van der Waals surface area contributed by atoms with Crippen LogP contribution in [-0.4, -0.2) is 37.1 Å². The van der Waals surface area contributed by atoms with Gasteiger partial charge in [0.2, 0.25) is 0 Å². The van der Waals surface area contributed by atoms with Gasteiger partial charge in [-0.05, 0) is 53.8 Å². The van der Waals surface area contributed by atoms with Crippen LogP contribution in [0.4, 0.5) is 8.78 Å². The average Bonchev–Trinajstić information content (AvgIpc) is 3.24. The average molecular weight is 472 g/mol. The van der Waals surface area contributed by atoms with Crippen LogP contribution in [0, 0.1) is 11.6 Å². The van der Waals surface area contributed by atoms with E-state index in [4.69, 9.17) is 0 Å². The van der Waals surface area contributed by atoms with Crippen LogP contribution in [0.25, 0.3) is 0 Å². The lowest BCUT2D eigenvalue weighted by atomic mass is 9.91. The Hall–Kier alpha value is -3.04. The molecule has 5 nitrogen and oxygen atoms in total. The van der Waals surface area contributed by atoms with E-state index in [9.17, 15) is 17.2 Å². The maximum absolute atomic E-state index is 13.5. The lowest BCUT2D eigenvalue weighted by Gasteiger charge is -2.17. The first-order valence-electron chi connectivity index (χ1n) is 9.69. The quantitative estimate of drug-likeness (QED) is 0.402. The molecule has 0 fully saturated rings. The first kappa shape index (κ1) is 22.2. The molecule has 9 heteroatoms. The molecule has 0 bridgehead atoms. The van der Waals surface area contributed by atoms with E-state index in [1.165, 1.54) is 24.3 Å². The van der Waals surface area contributed by atoms with Crippen molar-refractivity contribution in [3.8, 4) is 0 Å². The zero-order chi connectivity index (χ0) is 22.7. The van der Waals surface area contributed by atoms with Crippen LogP contribution < -0.4 is 0 Å². The number of nitrogens with zero attached hydrogens (tertiary/aromatic N) is 3. The van der Waals surface area contributed by atoms with Crippen LogP contribution >= 0.6 is 11.8 Å². The van der Waals surface area contributed by atoms with Crippen LogP contribution in [-0.2, 0) is 10.0 Å². The van der Waals surface area contributed by atoms with Gasteiger partial charge in [-0.25, -0.2) is 13.8 Å². The summed E-state index contributed by atoms with van der Waals surface area (Å²) in [6.45, 7) is 0.370. The molecule has 1 unspecified atom stereocenters. The highest BCUT2D eigenvalue weighted by atomic mass is 32.2. The van der Waals surface area contributed by atoms with Crippen LogP contribution in [0.15, 0.2) is 93.3 Å². The molecule has 164 valence electrons. The standard InChI is InChI=1S/C23H19F2N3O2S2/c1-31-23(27-32(29,30)20-13-11-19(25)12-14-20)28-15-21(16-5-3-2-4-6-16)22(26-28)17-7-9-18(24)10-8-17/h2-14,21H,15H2,1H3. The number of hydrogen-bond acceptors (Lipinski definition) is 4. The SMILES string of the molecule is CSC(=NS(=O)(=O)c1ccc(F)cc1)N1CC(c2ccccc2)C(c2ccc(F)cc2)=N1. The summed E-state index contributed by atoms with van der Waals surface area (Å²) in [7, 11) is -4.06. The third-order valence-electron chi connectivity index (χ3n) is 4.97. The van der Waals surface area contributed by atoms with Gasteiger partial charge < -0.3 is 0 Å². The minimum Gasteiger partial charge on any atom is -0.240 e. The van der Waals surface area contributed by atoms with E-state index in [0.29, 0.717) is 12.3 Å². The van der Waals surface area contributed by atoms with Crippen molar-refractivity contribution in [2.24, 2.45) is 9.50 Å². The number of hydrazone groups is 1. The first-order chi connectivity index (χ1) is 15.4. The fourth-order valence-corrected chi connectivity index (χ4v) is 5.20. The summed E-state index contributed by atoms with van der Waals surface area (Å²) in [5.74, 6) is -1.04. The Labute approximate surface area is 189 Å². The fourth-order valence-electron chi connectivity index (χ4n) is 3.40. The second kappa shape index (κ2) is 9.22. The maximum Gasteiger partial charge on any atom is 0.284 e. The molecule has 1 heterocycles. The Bertz CT molecular complexity index is 1260. The van der Waals surface area contributed by atoms with Crippen molar-refractivity contribution in [3.05, 3.63) is 102 Å². The monoisotopic (exact) mass is 471 g/mol. The van der Waals surface area contributed by atoms with E-state index in [0.717, 1.165) is 35.0 Å². The lowest BCUT2D eigenvalue weighted by molar-refractivity contribution is 0.484. The predicted octanol–water partition coefficient (Wildman–Crippen LogP) is 4.88. The molecule has 0 aliphatic carbocycles. The summed E-state index contributed by atoms with van der Waals surface area (Å²) >= 11 is 1.14. The Balaban J connectivity index is 1.73. The summed E-state index contributed by atoms with van der Waals surface area (Å²) in [6.07, 6.45) is 1.71. The van der Waals surface area contributed by atoms with Crippen molar-refractivity contribution in [2.75, 3.05) is 12.8 Å². The highest BCUT2D eigenvalue weighted by Gasteiger charge is 2.32. The molecule has 0 aromatic heterocycles. The van der Waals surface area contributed by atoms with E-state index in [1.807, 2.05) is 30.3 Å². The molecule has 3 aromatic carbocycles. The normalized spacial score (nSPS) is 16.8. The predicted molar refractivity (Wildman–Crippen MR) is 123 cm³/mol. The Morgan fingerprint density at radius 2 is 1.56 bits per heavy atom. The highest BCUT2D eigenvalue weighted by molar-refractivity contribution is 8.13. The molecule has 0 N–H and O–H groups in total. The van der Waals surface area contributed by atoms with Gasteiger partial charge in [0.25, 0.3) is 10.0 Å². The second-order valence-corrected chi connectivity index (χ2v) is 9.42. The molecular weight excluding hydrogens is 452 g/mol. The number of rotatable bonds is 4. The molecule has 4 rings (SSSR count). The number of amidine groups is 1.